The van der Waals surface area contributed by atoms with Crippen LogP contribution in [-0.2, 0) is 0 Å². The molecule has 1 fully saturated rings. The second kappa shape index (κ2) is 4.45. The fraction of sp³-hybridized carbons (Fsp3) is 1.00. The molecule has 1 saturated carbocycles. The second-order valence-electron chi connectivity index (χ2n) is 4.97. The van der Waals surface area contributed by atoms with Crippen LogP contribution in [0.5, 0.6) is 0 Å². The highest BCUT2D eigenvalue weighted by Crippen LogP contribution is 2.38. The fourth-order valence-electron chi connectivity index (χ4n) is 2.45. The highest BCUT2D eigenvalue weighted by atomic mass is 16.3. The van der Waals surface area contributed by atoms with Crippen molar-refractivity contribution in [3.05, 3.63) is 0 Å². The van der Waals surface area contributed by atoms with Gasteiger partial charge in [-0.15, -0.1) is 0 Å². The third-order valence-electron chi connectivity index (χ3n) is 3.81. The van der Waals surface area contributed by atoms with Crippen LogP contribution in [0.3, 0.4) is 0 Å². The summed E-state index contributed by atoms with van der Waals surface area (Å²) in [5, 5.41) is 10.4. The molecule has 1 N–H and O–H groups in total. The largest absolute Gasteiger partial charge is 0.390 e. The van der Waals surface area contributed by atoms with E-state index in [4.69, 9.17) is 0 Å². The maximum atomic E-state index is 10.4. The zero-order chi connectivity index (χ0) is 9.90. The Bertz CT molecular complexity index is 155. The van der Waals surface area contributed by atoms with Crippen LogP contribution in [0.25, 0.3) is 0 Å². The van der Waals surface area contributed by atoms with Crippen molar-refractivity contribution in [1.29, 1.82) is 0 Å². The van der Waals surface area contributed by atoms with Crippen molar-refractivity contribution in [2.24, 2.45) is 11.8 Å². The van der Waals surface area contributed by atoms with E-state index in [0.717, 1.165) is 12.8 Å². The quantitative estimate of drug-likeness (QED) is 0.713. The van der Waals surface area contributed by atoms with E-state index in [1.165, 1.54) is 25.7 Å². The highest BCUT2D eigenvalue weighted by Gasteiger charge is 2.36. The first-order valence-electron chi connectivity index (χ1n) is 5.81. The molecule has 0 spiro atoms. The Morgan fingerprint density at radius 1 is 1.46 bits per heavy atom. The zero-order valence-electron chi connectivity index (χ0n) is 9.34. The topological polar surface area (TPSA) is 20.2 Å². The first kappa shape index (κ1) is 11.0. The minimum Gasteiger partial charge on any atom is -0.390 e. The lowest BCUT2D eigenvalue weighted by Crippen LogP contribution is -2.40. The van der Waals surface area contributed by atoms with Gasteiger partial charge in [0.1, 0.15) is 0 Å². The molecule has 3 unspecified atom stereocenters. The molecule has 0 bridgehead atoms. The zero-order valence-corrected chi connectivity index (χ0v) is 9.34. The normalized spacial score (nSPS) is 37.4. The molecule has 0 saturated heterocycles. The minimum atomic E-state index is -0.340. The highest BCUT2D eigenvalue weighted by molar-refractivity contribution is 4.88. The van der Waals surface area contributed by atoms with Gasteiger partial charge in [0.05, 0.1) is 5.60 Å². The molecular formula is C12H24O. The monoisotopic (exact) mass is 184 g/mol. The third kappa shape index (κ3) is 2.70. The Kier molecular flexibility index (Phi) is 3.78. The molecule has 0 radical (unpaired) electrons. The van der Waals surface area contributed by atoms with Crippen LogP contribution in [0.15, 0.2) is 0 Å². The molecule has 1 aliphatic rings. The average Bonchev–Trinajstić information content (AvgIpc) is 2.10. The van der Waals surface area contributed by atoms with Gasteiger partial charge in [-0.25, -0.2) is 0 Å². The van der Waals surface area contributed by atoms with Crippen LogP contribution in [0.4, 0.5) is 0 Å². The summed E-state index contributed by atoms with van der Waals surface area (Å²) in [5.74, 6) is 1.18. The molecule has 0 aromatic rings. The molecule has 1 rings (SSSR count). The Morgan fingerprint density at radius 3 is 2.69 bits per heavy atom. The van der Waals surface area contributed by atoms with Crippen LogP contribution in [0, 0.1) is 11.8 Å². The summed E-state index contributed by atoms with van der Waals surface area (Å²) in [4.78, 5) is 0. The Balaban J connectivity index is 2.51. The predicted octanol–water partition coefficient (Wildman–Crippen LogP) is 3.36. The maximum absolute atomic E-state index is 10.4. The molecule has 0 amide bonds. The molecular weight excluding hydrogens is 160 g/mol. The van der Waals surface area contributed by atoms with Crippen molar-refractivity contribution in [3.63, 3.8) is 0 Å². The van der Waals surface area contributed by atoms with Crippen molar-refractivity contribution in [3.8, 4) is 0 Å². The third-order valence-corrected chi connectivity index (χ3v) is 3.81. The minimum absolute atomic E-state index is 0.340. The van der Waals surface area contributed by atoms with Gasteiger partial charge in [0, 0.05) is 0 Å². The van der Waals surface area contributed by atoms with E-state index in [9.17, 15) is 5.11 Å². The smallest absolute Gasteiger partial charge is 0.0675 e. The van der Waals surface area contributed by atoms with E-state index < -0.39 is 0 Å². The molecule has 1 heteroatoms. The Labute approximate surface area is 82.5 Å². The molecule has 78 valence electrons. The van der Waals surface area contributed by atoms with Crippen molar-refractivity contribution in [1.82, 2.24) is 0 Å². The summed E-state index contributed by atoms with van der Waals surface area (Å²) in [7, 11) is 0. The maximum Gasteiger partial charge on any atom is 0.0675 e. The Hall–Kier alpha value is -0.0400. The standard InChI is InChI=1S/C12H24O/c1-4-10(2)9-12(13)8-6-5-7-11(12)3/h10-11,13H,4-9H2,1-3H3. The molecule has 1 nitrogen and oxygen atoms in total. The van der Waals surface area contributed by atoms with E-state index in [2.05, 4.69) is 20.8 Å². The predicted molar refractivity (Wildman–Crippen MR) is 56.7 cm³/mol. The lowest BCUT2D eigenvalue weighted by Gasteiger charge is -2.39. The molecule has 0 aromatic carbocycles. The van der Waals surface area contributed by atoms with E-state index in [-0.39, 0.29) is 5.60 Å². The summed E-state index contributed by atoms with van der Waals surface area (Å²) >= 11 is 0. The number of hydrogen-bond donors (Lipinski definition) is 1. The molecule has 3 atom stereocenters. The van der Waals surface area contributed by atoms with Crippen molar-refractivity contribution >= 4 is 0 Å². The van der Waals surface area contributed by atoms with Crippen LogP contribution < -0.4 is 0 Å². The lowest BCUT2D eigenvalue weighted by atomic mass is 9.72. The van der Waals surface area contributed by atoms with Crippen LogP contribution in [0.1, 0.15) is 59.3 Å². The average molecular weight is 184 g/mol. The van der Waals surface area contributed by atoms with Crippen LogP contribution in [0.2, 0.25) is 0 Å². The van der Waals surface area contributed by atoms with Crippen molar-refractivity contribution in [2.45, 2.75) is 64.9 Å². The van der Waals surface area contributed by atoms with Gasteiger partial charge in [-0.3, -0.25) is 0 Å². The molecule has 1 aliphatic carbocycles. The van der Waals surface area contributed by atoms with Gasteiger partial charge in [-0.05, 0) is 31.1 Å². The summed E-state index contributed by atoms with van der Waals surface area (Å²) in [6.07, 6.45) is 6.96. The van der Waals surface area contributed by atoms with Gasteiger partial charge in [-0.2, -0.15) is 0 Å². The van der Waals surface area contributed by atoms with Gasteiger partial charge in [0.25, 0.3) is 0 Å². The van der Waals surface area contributed by atoms with E-state index >= 15 is 0 Å². The van der Waals surface area contributed by atoms with Crippen LogP contribution >= 0.6 is 0 Å². The van der Waals surface area contributed by atoms with Crippen molar-refractivity contribution < 1.29 is 5.11 Å². The van der Waals surface area contributed by atoms with Gasteiger partial charge < -0.3 is 5.11 Å². The summed E-state index contributed by atoms with van der Waals surface area (Å²) < 4.78 is 0. The molecule has 0 aromatic heterocycles. The molecule has 0 heterocycles. The number of hydrogen-bond acceptors (Lipinski definition) is 1. The summed E-state index contributed by atoms with van der Waals surface area (Å²) in [6, 6.07) is 0. The first-order valence-corrected chi connectivity index (χ1v) is 5.81. The number of aliphatic hydroxyl groups is 1. The van der Waals surface area contributed by atoms with Crippen molar-refractivity contribution in [2.75, 3.05) is 0 Å². The van der Waals surface area contributed by atoms with Crippen LogP contribution in [-0.4, -0.2) is 10.7 Å². The molecule has 0 aliphatic heterocycles. The van der Waals surface area contributed by atoms with Gasteiger partial charge in [0.15, 0.2) is 0 Å². The number of rotatable bonds is 3. The fourth-order valence-corrected chi connectivity index (χ4v) is 2.45. The lowest BCUT2D eigenvalue weighted by molar-refractivity contribution is -0.0583. The summed E-state index contributed by atoms with van der Waals surface area (Å²) in [6.45, 7) is 6.67. The van der Waals surface area contributed by atoms with Gasteiger partial charge >= 0.3 is 0 Å². The first-order chi connectivity index (χ1) is 6.08. The SMILES string of the molecule is CCC(C)CC1(O)CCCCC1C. The van der Waals surface area contributed by atoms with Gasteiger partial charge in [-0.1, -0.05) is 40.0 Å². The van der Waals surface area contributed by atoms with E-state index in [1.807, 2.05) is 0 Å². The van der Waals surface area contributed by atoms with E-state index in [1.54, 1.807) is 0 Å². The van der Waals surface area contributed by atoms with E-state index in [0.29, 0.717) is 11.8 Å². The second-order valence-corrected chi connectivity index (χ2v) is 4.97. The Morgan fingerprint density at radius 2 is 2.15 bits per heavy atom. The molecule has 13 heavy (non-hydrogen) atoms. The summed E-state index contributed by atoms with van der Waals surface area (Å²) in [5.41, 5.74) is -0.340. The van der Waals surface area contributed by atoms with Gasteiger partial charge in [0.2, 0.25) is 0 Å².